The number of nitrogens with zero attached hydrogens (tertiary/aromatic N) is 2. The third-order valence-corrected chi connectivity index (χ3v) is 4.11. The number of urea groups is 1. The summed E-state index contributed by atoms with van der Waals surface area (Å²) in [4.78, 5) is 27.2. The topological polar surface area (TPSA) is 70.1 Å². The maximum atomic E-state index is 12.6. The highest BCUT2D eigenvalue weighted by atomic mass is 16.5. The van der Waals surface area contributed by atoms with Gasteiger partial charge in [-0.15, -0.1) is 0 Å². The molecule has 2 amide bonds. The Bertz CT molecular complexity index is 359. The molecule has 2 rings (SSSR count). The van der Waals surface area contributed by atoms with Crippen molar-refractivity contribution in [2.24, 2.45) is 0 Å². The molecule has 6 nitrogen and oxygen atoms in total. The van der Waals surface area contributed by atoms with E-state index >= 15 is 0 Å². The van der Waals surface area contributed by atoms with E-state index in [0.717, 1.165) is 32.2 Å². The van der Waals surface area contributed by atoms with E-state index in [2.05, 4.69) is 6.92 Å². The van der Waals surface area contributed by atoms with Crippen LogP contribution in [-0.2, 0) is 9.53 Å². The third-order valence-electron chi connectivity index (χ3n) is 4.11. The van der Waals surface area contributed by atoms with Crippen molar-refractivity contribution in [3.05, 3.63) is 0 Å². The van der Waals surface area contributed by atoms with Crippen LogP contribution in [0, 0.1) is 0 Å². The Hall–Kier alpha value is -1.30. The summed E-state index contributed by atoms with van der Waals surface area (Å²) in [7, 11) is 0. The van der Waals surface area contributed by atoms with Crippen molar-refractivity contribution in [3.8, 4) is 0 Å². The molecule has 2 atom stereocenters. The van der Waals surface area contributed by atoms with Gasteiger partial charge in [-0.05, 0) is 25.7 Å². The summed E-state index contributed by atoms with van der Waals surface area (Å²) in [6.07, 6.45) is 4.48. The Balaban J connectivity index is 1.99. The second kappa shape index (κ2) is 6.92. The van der Waals surface area contributed by atoms with Crippen molar-refractivity contribution < 1.29 is 19.4 Å². The lowest BCUT2D eigenvalue weighted by Gasteiger charge is -2.41. The monoisotopic (exact) mass is 284 g/mol. The van der Waals surface area contributed by atoms with E-state index in [1.807, 2.05) is 4.90 Å². The maximum Gasteiger partial charge on any atom is 0.334 e. The molecule has 2 fully saturated rings. The van der Waals surface area contributed by atoms with Gasteiger partial charge in [-0.3, -0.25) is 0 Å². The number of piperidine rings is 1. The third kappa shape index (κ3) is 3.42. The molecule has 0 aromatic rings. The zero-order chi connectivity index (χ0) is 14.5. The summed E-state index contributed by atoms with van der Waals surface area (Å²) < 4.78 is 5.17. The number of carboxylic acids is 1. The average molecular weight is 284 g/mol. The predicted octanol–water partition coefficient (Wildman–Crippen LogP) is 1.55. The van der Waals surface area contributed by atoms with E-state index in [4.69, 9.17) is 9.84 Å². The van der Waals surface area contributed by atoms with Crippen LogP contribution in [-0.4, -0.2) is 65.3 Å². The highest BCUT2D eigenvalue weighted by molar-refractivity contribution is 5.78. The summed E-state index contributed by atoms with van der Waals surface area (Å²) in [6, 6.07) is 0.296. The van der Waals surface area contributed by atoms with Crippen LogP contribution in [0.3, 0.4) is 0 Å². The fourth-order valence-electron chi connectivity index (χ4n) is 3.04. The number of rotatable bonds is 3. The van der Waals surface area contributed by atoms with Crippen molar-refractivity contribution in [1.82, 2.24) is 9.80 Å². The second-order valence-corrected chi connectivity index (χ2v) is 5.56. The van der Waals surface area contributed by atoms with Gasteiger partial charge in [0.05, 0.1) is 13.2 Å². The molecule has 20 heavy (non-hydrogen) atoms. The molecular weight excluding hydrogens is 260 g/mol. The van der Waals surface area contributed by atoms with Gasteiger partial charge < -0.3 is 19.6 Å². The quantitative estimate of drug-likeness (QED) is 0.853. The molecule has 0 radical (unpaired) electrons. The number of hydrogen-bond acceptors (Lipinski definition) is 3. The van der Waals surface area contributed by atoms with Crippen LogP contribution in [0.2, 0.25) is 0 Å². The van der Waals surface area contributed by atoms with Crippen LogP contribution in [0.15, 0.2) is 0 Å². The molecule has 114 valence electrons. The number of morpholine rings is 1. The molecule has 2 aliphatic heterocycles. The molecule has 0 spiro atoms. The zero-order valence-corrected chi connectivity index (χ0v) is 12.1. The van der Waals surface area contributed by atoms with E-state index in [0.29, 0.717) is 19.2 Å². The van der Waals surface area contributed by atoms with Crippen LogP contribution in [0.1, 0.15) is 39.0 Å². The van der Waals surface area contributed by atoms with E-state index in [1.165, 1.54) is 6.42 Å². The number of carbonyl (C=O) groups excluding carboxylic acids is 1. The van der Waals surface area contributed by atoms with Gasteiger partial charge in [-0.1, -0.05) is 13.3 Å². The molecule has 2 saturated heterocycles. The van der Waals surface area contributed by atoms with E-state index in [-0.39, 0.29) is 12.6 Å². The predicted molar refractivity (Wildman–Crippen MR) is 73.6 cm³/mol. The van der Waals surface area contributed by atoms with Gasteiger partial charge in [-0.25, -0.2) is 9.59 Å². The first kappa shape index (κ1) is 15.1. The van der Waals surface area contributed by atoms with Crippen molar-refractivity contribution >= 4 is 12.0 Å². The Morgan fingerprint density at radius 3 is 2.80 bits per heavy atom. The number of hydrogen-bond donors (Lipinski definition) is 1. The fraction of sp³-hybridized carbons (Fsp3) is 0.857. The van der Waals surface area contributed by atoms with Crippen molar-refractivity contribution in [1.29, 1.82) is 0 Å². The summed E-state index contributed by atoms with van der Waals surface area (Å²) in [5.41, 5.74) is 0. The Labute approximate surface area is 119 Å². The van der Waals surface area contributed by atoms with Gasteiger partial charge in [0.1, 0.15) is 0 Å². The first-order valence-electron chi connectivity index (χ1n) is 7.53. The molecule has 0 saturated carbocycles. The lowest BCUT2D eigenvalue weighted by Crippen LogP contribution is -2.56. The van der Waals surface area contributed by atoms with Gasteiger partial charge in [0.15, 0.2) is 6.10 Å². The van der Waals surface area contributed by atoms with E-state index in [9.17, 15) is 9.59 Å². The van der Waals surface area contributed by atoms with E-state index < -0.39 is 12.1 Å². The molecule has 2 aliphatic rings. The number of ether oxygens (including phenoxy) is 1. The smallest absolute Gasteiger partial charge is 0.334 e. The van der Waals surface area contributed by atoms with Crippen LogP contribution < -0.4 is 0 Å². The summed E-state index contributed by atoms with van der Waals surface area (Å²) >= 11 is 0. The van der Waals surface area contributed by atoms with Crippen molar-refractivity contribution in [2.45, 2.75) is 51.2 Å². The van der Waals surface area contributed by atoms with Gasteiger partial charge in [0.25, 0.3) is 0 Å². The normalized spacial score (nSPS) is 27.4. The average Bonchev–Trinajstić information content (AvgIpc) is 2.47. The van der Waals surface area contributed by atoms with E-state index in [1.54, 1.807) is 4.90 Å². The highest BCUT2D eigenvalue weighted by Gasteiger charge is 2.34. The molecule has 1 N–H and O–H groups in total. The molecule has 0 bridgehead atoms. The molecular formula is C14H24N2O4. The molecule has 2 unspecified atom stereocenters. The summed E-state index contributed by atoms with van der Waals surface area (Å²) in [5, 5.41) is 9.01. The number of carboxylic acid groups (broad SMARTS) is 1. The largest absolute Gasteiger partial charge is 0.479 e. The molecule has 6 heteroatoms. The van der Waals surface area contributed by atoms with Crippen molar-refractivity contribution in [3.63, 3.8) is 0 Å². The summed E-state index contributed by atoms with van der Waals surface area (Å²) in [5.74, 6) is -0.994. The summed E-state index contributed by atoms with van der Waals surface area (Å²) in [6.45, 7) is 3.86. The van der Waals surface area contributed by atoms with Gasteiger partial charge in [-0.2, -0.15) is 0 Å². The van der Waals surface area contributed by atoms with Crippen LogP contribution in [0.25, 0.3) is 0 Å². The lowest BCUT2D eigenvalue weighted by molar-refractivity contribution is -0.154. The number of amides is 2. The first-order chi connectivity index (χ1) is 9.63. The Morgan fingerprint density at radius 1 is 1.30 bits per heavy atom. The fourth-order valence-corrected chi connectivity index (χ4v) is 3.04. The highest BCUT2D eigenvalue weighted by Crippen LogP contribution is 2.23. The standard InChI is InChI=1S/C14H24N2O4/c1-2-5-11-6-3-4-7-16(11)14(19)15-8-9-20-12(10-15)13(17)18/h11-12H,2-10H2,1H3,(H,17,18). The van der Waals surface area contributed by atoms with Crippen LogP contribution in [0.4, 0.5) is 4.79 Å². The first-order valence-corrected chi connectivity index (χ1v) is 7.53. The molecule has 0 aromatic heterocycles. The minimum atomic E-state index is -0.994. The minimum absolute atomic E-state index is 0.0160. The van der Waals surface area contributed by atoms with Gasteiger partial charge >= 0.3 is 12.0 Å². The van der Waals surface area contributed by atoms with Crippen LogP contribution in [0.5, 0.6) is 0 Å². The molecule has 0 aromatic carbocycles. The zero-order valence-electron chi connectivity index (χ0n) is 12.1. The number of aliphatic carboxylic acids is 1. The van der Waals surface area contributed by atoms with Crippen LogP contribution >= 0.6 is 0 Å². The Kier molecular flexibility index (Phi) is 5.23. The molecule has 2 heterocycles. The second-order valence-electron chi connectivity index (χ2n) is 5.56. The maximum absolute atomic E-state index is 12.6. The van der Waals surface area contributed by atoms with Gasteiger partial charge in [0.2, 0.25) is 0 Å². The van der Waals surface area contributed by atoms with Gasteiger partial charge in [0, 0.05) is 19.1 Å². The SMILES string of the molecule is CCCC1CCCCN1C(=O)N1CCOC(C(=O)O)C1. The number of carbonyl (C=O) groups is 2. The Morgan fingerprint density at radius 2 is 2.10 bits per heavy atom. The number of likely N-dealkylation sites (tertiary alicyclic amines) is 1. The minimum Gasteiger partial charge on any atom is -0.479 e. The lowest BCUT2D eigenvalue weighted by atomic mass is 9.98. The van der Waals surface area contributed by atoms with Crippen molar-refractivity contribution in [2.75, 3.05) is 26.2 Å². The molecule has 0 aliphatic carbocycles.